The Bertz CT molecular complexity index is 719. The molecule has 0 aliphatic carbocycles. The van der Waals surface area contributed by atoms with Crippen LogP contribution in [0, 0.1) is 0 Å². The molecule has 1 aromatic rings. The smallest absolute Gasteiger partial charge is 0.322 e. The second kappa shape index (κ2) is 5.60. The van der Waals surface area contributed by atoms with Crippen LogP contribution in [0.25, 0.3) is 0 Å². The third-order valence-electron chi connectivity index (χ3n) is 3.67. The Hall–Kier alpha value is -1.51. The van der Waals surface area contributed by atoms with Gasteiger partial charge in [0.2, 0.25) is 10.0 Å². The predicted octanol–water partition coefficient (Wildman–Crippen LogP) is 1.35. The lowest BCUT2D eigenvalue weighted by Crippen LogP contribution is -2.40. The molecule has 7 nitrogen and oxygen atoms in total. The van der Waals surface area contributed by atoms with Crippen molar-refractivity contribution in [3.8, 4) is 11.5 Å². The summed E-state index contributed by atoms with van der Waals surface area (Å²) in [6, 6.07) is 1.62. The maximum Gasteiger partial charge on any atom is 0.322 e. The summed E-state index contributed by atoms with van der Waals surface area (Å²) in [6.45, 7) is 0.836. The number of halogens is 1. The Labute approximate surface area is 132 Å². The van der Waals surface area contributed by atoms with Crippen LogP contribution < -0.4 is 9.47 Å². The van der Waals surface area contributed by atoms with Crippen LogP contribution in [-0.2, 0) is 14.8 Å². The standard InChI is InChI=1S/C13H14ClNO6S/c14-8-6-10-11(21-5-4-20-10)7-12(8)22(18,19)15-3-1-2-9(15)13(16)17/h6-7,9H,1-5H2,(H,16,17)/t9-/m1/s1. The monoisotopic (exact) mass is 347 g/mol. The zero-order chi connectivity index (χ0) is 15.9. The van der Waals surface area contributed by atoms with Crippen molar-refractivity contribution in [3.05, 3.63) is 17.2 Å². The summed E-state index contributed by atoms with van der Waals surface area (Å²) in [7, 11) is -4.01. The lowest BCUT2D eigenvalue weighted by Gasteiger charge is -2.24. The van der Waals surface area contributed by atoms with E-state index in [9.17, 15) is 18.3 Å². The van der Waals surface area contributed by atoms with Crippen molar-refractivity contribution in [2.45, 2.75) is 23.8 Å². The van der Waals surface area contributed by atoms with E-state index in [0.29, 0.717) is 31.1 Å². The van der Waals surface area contributed by atoms with Crippen molar-refractivity contribution >= 4 is 27.6 Å². The summed E-state index contributed by atoms with van der Waals surface area (Å²) in [5.41, 5.74) is 0. The molecule has 1 atom stereocenters. The van der Waals surface area contributed by atoms with E-state index >= 15 is 0 Å². The van der Waals surface area contributed by atoms with Gasteiger partial charge >= 0.3 is 5.97 Å². The minimum atomic E-state index is -4.01. The van der Waals surface area contributed by atoms with E-state index in [-0.39, 0.29) is 22.9 Å². The van der Waals surface area contributed by atoms with Gasteiger partial charge in [-0.3, -0.25) is 4.79 Å². The highest BCUT2D eigenvalue weighted by atomic mass is 35.5. The highest BCUT2D eigenvalue weighted by molar-refractivity contribution is 7.89. The molecule has 0 unspecified atom stereocenters. The van der Waals surface area contributed by atoms with Crippen LogP contribution in [0.1, 0.15) is 12.8 Å². The van der Waals surface area contributed by atoms with Crippen molar-refractivity contribution in [2.75, 3.05) is 19.8 Å². The first kappa shape index (κ1) is 15.4. The van der Waals surface area contributed by atoms with Crippen LogP contribution in [0.4, 0.5) is 0 Å². The quantitative estimate of drug-likeness (QED) is 0.887. The maximum absolute atomic E-state index is 12.7. The van der Waals surface area contributed by atoms with Crippen molar-refractivity contribution in [1.29, 1.82) is 0 Å². The lowest BCUT2D eigenvalue weighted by atomic mass is 10.2. The number of carboxylic acids is 1. The number of fused-ring (bicyclic) bond motifs is 1. The summed E-state index contributed by atoms with van der Waals surface area (Å²) >= 11 is 6.06. The van der Waals surface area contributed by atoms with E-state index in [0.717, 1.165) is 4.31 Å². The van der Waals surface area contributed by atoms with E-state index in [1.807, 2.05) is 0 Å². The van der Waals surface area contributed by atoms with Crippen LogP contribution in [0.15, 0.2) is 17.0 Å². The summed E-state index contributed by atoms with van der Waals surface area (Å²) in [6.07, 6.45) is 0.787. The fourth-order valence-electron chi connectivity index (χ4n) is 2.64. The fraction of sp³-hybridized carbons (Fsp3) is 0.462. The van der Waals surface area contributed by atoms with Crippen LogP contribution in [0.3, 0.4) is 0 Å². The second-order valence-electron chi connectivity index (χ2n) is 5.04. The van der Waals surface area contributed by atoms with E-state index in [1.54, 1.807) is 0 Å². The van der Waals surface area contributed by atoms with E-state index in [1.165, 1.54) is 12.1 Å². The molecule has 1 fully saturated rings. The number of sulfonamides is 1. The highest BCUT2D eigenvalue weighted by Crippen LogP contribution is 2.39. The van der Waals surface area contributed by atoms with Gasteiger partial charge in [0, 0.05) is 18.7 Å². The number of carboxylic acid groups (broad SMARTS) is 1. The molecule has 1 saturated heterocycles. The van der Waals surface area contributed by atoms with Gasteiger partial charge in [0.25, 0.3) is 0 Å². The zero-order valence-electron chi connectivity index (χ0n) is 11.5. The summed E-state index contributed by atoms with van der Waals surface area (Å²) in [4.78, 5) is 11.1. The predicted molar refractivity (Wildman–Crippen MR) is 77.0 cm³/mol. The molecule has 2 aliphatic heterocycles. The van der Waals surface area contributed by atoms with Crippen LogP contribution in [-0.4, -0.2) is 49.6 Å². The van der Waals surface area contributed by atoms with Gasteiger partial charge < -0.3 is 14.6 Å². The number of nitrogens with zero attached hydrogens (tertiary/aromatic N) is 1. The van der Waals surface area contributed by atoms with Gasteiger partial charge in [-0.15, -0.1) is 0 Å². The Balaban J connectivity index is 2.04. The number of aliphatic carboxylic acids is 1. The first-order valence-corrected chi connectivity index (χ1v) is 8.57. The van der Waals surface area contributed by atoms with Crippen molar-refractivity contribution in [1.82, 2.24) is 4.31 Å². The number of rotatable bonds is 3. The molecule has 120 valence electrons. The van der Waals surface area contributed by atoms with Gasteiger partial charge in [-0.1, -0.05) is 11.6 Å². The lowest BCUT2D eigenvalue weighted by molar-refractivity contribution is -0.140. The largest absolute Gasteiger partial charge is 0.486 e. The Kier molecular flexibility index (Phi) is 3.92. The van der Waals surface area contributed by atoms with Crippen LogP contribution >= 0.6 is 11.6 Å². The number of benzene rings is 1. The minimum Gasteiger partial charge on any atom is -0.486 e. The molecular formula is C13H14ClNO6S. The van der Waals surface area contributed by atoms with Gasteiger partial charge in [-0.2, -0.15) is 4.31 Å². The Morgan fingerprint density at radius 2 is 1.91 bits per heavy atom. The SMILES string of the molecule is O=C(O)[C@H]1CCCN1S(=O)(=O)c1cc2c(cc1Cl)OCCO2. The zero-order valence-corrected chi connectivity index (χ0v) is 13.1. The third kappa shape index (κ3) is 2.51. The average Bonchev–Trinajstić information content (AvgIpc) is 2.96. The molecule has 0 radical (unpaired) electrons. The number of ether oxygens (including phenoxy) is 2. The first-order valence-electron chi connectivity index (χ1n) is 6.75. The van der Waals surface area contributed by atoms with Gasteiger partial charge in [-0.05, 0) is 12.8 Å². The first-order chi connectivity index (χ1) is 10.4. The minimum absolute atomic E-state index is 0.0136. The molecule has 0 bridgehead atoms. The van der Waals surface area contributed by atoms with Gasteiger partial charge in [0.05, 0.1) is 5.02 Å². The molecule has 2 aliphatic rings. The fourth-order valence-corrected chi connectivity index (χ4v) is 4.80. The third-order valence-corrected chi connectivity index (χ3v) is 6.04. The van der Waals surface area contributed by atoms with Gasteiger partial charge in [0.15, 0.2) is 11.5 Å². The van der Waals surface area contributed by atoms with Crippen molar-refractivity contribution < 1.29 is 27.8 Å². The molecule has 0 amide bonds. The summed E-state index contributed by atoms with van der Waals surface area (Å²) in [5.74, 6) is -0.485. The average molecular weight is 348 g/mol. The van der Waals surface area contributed by atoms with Gasteiger partial charge in [0.1, 0.15) is 24.2 Å². The van der Waals surface area contributed by atoms with E-state index < -0.39 is 22.0 Å². The normalized spacial score (nSPS) is 21.8. The molecule has 1 N–H and O–H groups in total. The van der Waals surface area contributed by atoms with Crippen molar-refractivity contribution in [3.63, 3.8) is 0 Å². The topological polar surface area (TPSA) is 93.1 Å². The second-order valence-corrected chi connectivity index (χ2v) is 7.30. The molecule has 0 spiro atoms. The van der Waals surface area contributed by atoms with E-state index in [4.69, 9.17) is 21.1 Å². The van der Waals surface area contributed by atoms with Crippen LogP contribution in [0.2, 0.25) is 5.02 Å². The number of hydrogen-bond donors (Lipinski definition) is 1. The molecule has 3 rings (SSSR count). The maximum atomic E-state index is 12.7. The molecule has 0 saturated carbocycles. The molecule has 1 aromatic carbocycles. The number of carbonyl (C=O) groups is 1. The Morgan fingerprint density at radius 1 is 1.27 bits per heavy atom. The number of hydrogen-bond acceptors (Lipinski definition) is 5. The highest BCUT2D eigenvalue weighted by Gasteiger charge is 2.40. The van der Waals surface area contributed by atoms with Gasteiger partial charge in [-0.25, -0.2) is 8.42 Å². The molecule has 2 heterocycles. The van der Waals surface area contributed by atoms with Crippen LogP contribution in [0.5, 0.6) is 11.5 Å². The summed E-state index contributed by atoms with van der Waals surface area (Å²) < 4.78 is 37.2. The Morgan fingerprint density at radius 3 is 2.55 bits per heavy atom. The molecular weight excluding hydrogens is 334 g/mol. The molecule has 22 heavy (non-hydrogen) atoms. The molecule has 0 aromatic heterocycles. The summed E-state index contributed by atoms with van der Waals surface area (Å²) in [5, 5.41) is 9.16. The van der Waals surface area contributed by atoms with Crippen molar-refractivity contribution in [2.24, 2.45) is 0 Å². The van der Waals surface area contributed by atoms with E-state index in [2.05, 4.69) is 0 Å². The molecule has 9 heteroatoms.